The minimum absolute atomic E-state index is 0.543. The molecule has 3 nitrogen and oxygen atoms in total. The molecule has 0 aliphatic carbocycles. The monoisotopic (exact) mass is 262 g/mol. The van der Waals surface area contributed by atoms with Gasteiger partial charge in [-0.25, -0.2) is 0 Å². The van der Waals surface area contributed by atoms with Crippen LogP contribution in [0.1, 0.15) is 37.8 Å². The minimum Gasteiger partial charge on any atom is -0.388 e. The highest BCUT2D eigenvalue weighted by Crippen LogP contribution is 2.29. The van der Waals surface area contributed by atoms with Crippen molar-refractivity contribution in [2.24, 2.45) is 0 Å². The molecule has 1 unspecified atom stereocenters. The summed E-state index contributed by atoms with van der Waals surface area (Å²) in [6.45, 7) is 9.87. The van der Waals surface area contributed by atoms with Crippen molar-refractivity contribution in [3.63, 3.8) is 0 Å². The van der Waals surface area contributed by atoms with Crippen LogP contribution in [0.5, 0.6) is 0 Å². The zero-order valence-electron chi connectivity index (χ0n) is 12.4. The summed E-state index contributed by atoms with van der Waals surface area (Å²) in [5, 5.41) is 13.6. The van der Waals surface area contributed by atoms with Crippen LogP contribution in [-0.2, 0) is 6.54 Å². The van der Waals surface area contributed by atoms with E-state index in [4.69, 9.17) is 0 Å². The van der Waals surface area contributed by atoms with Crippen molar-refractivity contribution >= 4 is 5.69 Å². The topological polar surface area (TPSA) is 35.5 Å². The summed E-state index contributed by atoms with van der Waals surface area (Å²) in [6.07, 6.45) is 2.00. The van der Waals surface area contributed by atoms with E-state index in [1.54, 1.807) is 0 Å². The molecule has 106 valence electrons. The second kappa shape index (κ2) is 5.93. The van der Waals surface area contributed by atoms with Gasteiger partial charge in [-0.3, -0.25) is 0 Å². The number of benzene rings is 1. The molecule has 0 bridgehead atoms. The summed E-state index contributed by atoms with van der Waals surface area (Å²) in [5.41, 5.74) is 3.36. The van der Waals surface area contributed by atoms with Gasteiger partial charge in [0.1, 0.15) is 0 Å². The first-order valence-corrected chi connectivity index (χ1v) is 7.29. The van der Waals surface area contributed by atoms with Crippen LogP contribution in [0, 0.1) is 6.92 Å². The van der Waals surface area contributed by atoms with E-state index in [1.165, 1.54) is 16.8 Å². The summed E-state index contributed by atoms with van der Waals surface area (Å²) >= 11 is 0. The van der Waals surface area contributed by atoms with Crippen molar-refractivity contribution in [1.82, 2.24) is 5.32 Å². The van der Waals surface area contributed by atoms with Crippen LogP contribution in [-0.4, -0.2) is 30.3 Å². The maximum atomic E-state index is 10.1. The molecule has 1 fully saturated rings. The Morgan fingerprint density at radius 1 is 1.42 bits per heavy atom. The molecule has 1 aromatic rings. The Bertz CT molecular complexity index is 429. The fourth-order valence-corrected chi connectivity index (χ4v) is 2.71. The van der Waals surface area contributed by atoms with Crippen LogP contribution in [0.15, 0.2) is 18.2 Å². The SMILES string of the molecule is CCCNCc1cc(C)ccc1N1CCC(C)(O)C1. The van der Waals surface area contributed by atoms with Gasteiger partial charge in [0.15, 0.2) is 0 Å². The first-order chi connectivity index (χ1) is 9.02. The number of anilines is 1. The Balaban J connectivity index is 2.15. The van der Waals surface area contributed by atoms with E-state index in [-0.39, 0.29) is 0 Å². The Kier molecular flexibility index (Phi) is 4.48. The fraction of sp³-hybridized carbons (Fsp3) is 0.625. The molecule has 0 radical (unpaired) electrons. The molecule has 1 atom stereocenters. The van der Waals surface area contributed by atoms with Gasteiger partial charge in [-0.15, -0.1) is 0 Å². The van der Waals surface area contributed by atoms with Crippen molar-refractivity contribution in [2.45, 2.75) is 45.8 Å². The lowest BCUT2D eigenvalue weighted by molar-refractivity contribution is 0.0839. The molecule has 2 N–H and O–H groups in total. The molecular weight excluding hydrogens is 236 g/mol. The first-order valence-electron chi connectivity index (χ1n) is 7.29. The van der Waals surface area contributed by atoms with Crippen LogP contribution in [0.25, 0.3) is 0 Å². The summed E-state index contributed by atoms with van der Waals surface area (Å²) in [6, 6.07) is 6.61. The molecule has 19 heavy (non-hydrogen) atoms. The molecule has 1 heterocycles. The van der Waals surface area contributed by atoms with Crippen LogP contribution < -0.4 is 10.2 Å². The number of nitrogens with one attached hydrogen (secondary N) is 1. The fourth-order valence-electron chi connectivity index (χ4n) is 2.71. The van der Waals surface area contributed by atoms with Crippen molar-refractivity contribution < 1.29 is 5.11 Å². The molecule has 1 aliphatic heterocycles. The third-order valence-electron chi connectivity index (χ3n) is 3.77. The lowest BCUT2D eigenvalue weighted by Crippen LogP contribution is -2.30. The average molecular weight is 262 g/mol. The smallest absolute Gasteiger partial charge is 0.0810 e. The van der Waals surface area contributed by atoms with Crippen LogP contribution >= 0.6 is 0 Å². The van der Waals surface area contributed by atoms with Crippen molar-refractivity contribution in [2.75, 3.05) is 24.5 Å². The molecule has 2 rings (SSSR count). The number of hydrogen-bond acceptors (Lipinski definition) is 3. The number of nitrogens with zero attached hydrogens (tertiary/aromatic N) is 1. The van der Waals surface area contributed by atoms with E-state index in [2.05, 4.69) is 42.3 Å². The summed E-state index contributed by atoms with van der Waals surface area (Å²) in [5.74, 6) is 0. The van der Waals surface area contributed by atoms with Gasteiger partial charge in [0.25, 0.3) is 0 Å². The lowest BCUT2D eigenvalue weighted by Gasteiger charge is -2.24. The van der Waals surface area contributed by atoms with E-state index < -0.39 is 5.60 Å². The lowest BCUT2D eigenvalue weighted by atomic mass is 10.1. The highest BCUT2D eigenvalue weighted by atomic mass is 16.3. The zero-order chi connectivity index (χ0) is 13.9. The standard InChI is InChI=1S/C16H26N2O/c1-4-8-17-11-14-10-13(2)5-6-15(14)18-9-7-16(3,19)12-18/h5-6,10,17,19H,4,7-9,11-12H2,1-3H3. The van der Waals surface area contributed by atoms with E-state index >= 15 is 0 Å². The molecule has 1 aliphatic rings. The Hall–Kier alpha value is -1.06. The van der Waals surface area contributed by atoms with Gasteiger partial charge in [0.05, 0.1) is 5.60 Å². The highest BCUT2D eigenvalue weighted by Gasteiger charge is 2.32. The number of aliphatic hydroxyl groups is 1. The summed E-state index contributed by atoms with van der Waals surface area (Å²) in [4.78, 5) is 2.31. The molecule has 0 spiro atoms. The molecule has 1 saturated heterocycles. The summed E-state index contributed by atoms with van der Waals surface area (Å²) in [7, 11) is 0. The van der Waals surface area contributed by atoms with Gasteiger partial charge in [-0.05, 0) is 44.9 Å². The van der Waals surface area contributed by atoms with Crippen molar-refractivity contribution in [3.8, 4) is 0 Å². The van der Waals surface area contributed by atoms with Gasteiger partial charge >= 0.3 is 0 Å². The normalized spacial score (nSPS) is 23.1. The predicted octanol–water partition coefficient (Wildman–Crippen LogP) is 2.46. The number of β-amino-alcohol motifs (C(OH)–C–C–N with tert-alkyl or cyclic N) is 1. The number of hydrogen-bond donors (Lipinski definition) is 2. The molecule has 1 aromatic carbocycles. The van der Waals surface area contributed by atoms with Gasteiger partial charge in [-0.2, -0.15) is 0 Å². The van der Waals surface area contributed by atoms with Crippen LogP contribution in [0.2, 0.25) is 0 Å². The largest absolute Gasteiger partial charge is 0.388 e. The maximum absolute atomic E-state index is 10.1. The Labute approximate surface area is 116 Å². The number of rotatable bonds is 5. The second-order valence-electron chi connectivity index (χ2n) is 5.98. The van der Waals surface area contributed by atoms with E-state index in [0.717, 1.165) is 39.0 Å². The molecule has 0 saturated carbocycles. The average Bonchev–Trinajstić information content (AvgIpc) is 2.70. The van der Waals surface area contributed by atoms with Crippen LogP contribution in [0.4, 0.5) is 5.69 Å². The number of aryl methyl sites for hydroxylation is 1. The van der Waals surface area contributed by atoms with Crippen molar-refractivity contribution in [3.05, 3.63) is 29.3 Å². The highest BCUT2D eigenvalue weighted by molar-refractivity contribution is 5.56. The Morgan fingerprint density at radius 2 is 2.21 bits per heavy atom. The quantitative estimate of drug-likeness (QED) is 0.800. The molecule has 3 heteroatoms. The molecule has 0 amide bonds. The Morgan fingerprint density at radius 3 is 2.84 bits per heavy atom. The van der Waals surface area contributed by atoms with Gasteiger partial charge in [0, 0.05) is 25.3 Å². The third kappa shape index (κ3) is 3.71. The second-order valence-corrected chi connectivity index (χ2v) is 5.98. The maximum Gasteiger partial charge on any atom is 0.0810 e. The molecule has 0 aromatic heterocycles. The van der Waals surface area contributed by atoms with Gasteiger partial charge in [-0.1, -0.05) is 24.6 Å². The summed E-state index contributed by atoms with van der Waals surface area (Å²) < 4.78 is 0. The molecular formula is C16H26N2O. The first kappa shape index (κ1) is 14.4. The van der Waals surface area contributed by atoms with Gasteiger partial charge < -0.3 is 15.3 Å². The zero-order valence-corrected chi connectivity index (χ0v) is 12.4. The van der Waals surface area contributed by atoms with E-state index in [0.29, 0.717) is 0 Å². The van der Waals surface area contributed by atoms with E-state index in [1.807, 2.05) is 6.92 Å². The van der Waals surface area contributed by atoms with Crippen LogP contribution in [0.3, 0.4) is 0 Å². The van der Waals surface area contributed by atoms with Crippen molar-refractivity contribution in [1.29, 1.82) is 0 Å². The third-order valence-corrected chi connectivity index (χ3v) is 3.77. The van der Waals surface area contributed by atoms with E-state index in [9.17, 15) is 5.11 Å². The predicted molar refractivity (Wildman–Crippen MR) is 80.6 cm³/mol. The minimum atomic E-state index is -0.543. The van der Waals surface area contributed by atoms with Gasteiger partial charge in [0.2, 0.25) is 0 Å².